The van der Waals surface area contributed by atoms with Gasteiger partial charge in [0.25, 0.3) is 0 Å². The molecule has 0 spiro atoms. The number of alkyl halides is 1. The van der Waals surface area contributed by atoms with Crippen LogP contribution in [-0.2, 0) is 9.84 Å². The summed E-state index contributed by atoms with van der Waals surface area (Å²) in [6.07, 6.45) is -1.23. The van der Waals surface area contributed by atoms with Gasteiger partial charge in [0.2, 0.25) is 0 Å². The third-order valence-electron chi connectivity index (χ3n) is 2.88. The van der Waals surface area contributed by atoms with Crippen molar-refractivity contribution < 1.29 is 17.9 Å². The summed E-state index contributed by atoms with van der Waals surface area (Å²) in [5.41, 5.74) is 5.36. The van der Waals surface area contributed by atoms with Crippen LogP contribution in [-0.4, -0.2) is 24.9 Å². The Bertz CT molecular complexity index is 555. The summed E-state index contributed by atoms with van der Waals surface area (Å²) in [7, 11) is -3.82. The minimum Gasteiger partial charge on any atom is -0.504 e. The van der Waals surface area contributed by atoms with Gasteiger partial charge in [0.05, 0.1) is 16.0 Å². The smallest absolute Gasteiger partial charge is 0.186 e. The van der Waals surface area contributed by atoms with E-state index < -0.39 is 31.9 Å². The summed E-state index contributed by atoms with van der Waals surface area (Å²) < 4.78 is 36.9. The molecule has 2 rings (SSSR count). The second kappa shape index (κ2) is 4.03. The molecule has 1 saturated carbocycles. The van der Waals surface area contributed by atoms with Crippen LogP contribution in [0, 0.1) is 0 Å². The standard InChI is InChI=1S/C10H11ClFNO3S/c11-7-1-2-8(13)9(14)10(7)17(15,16)6-3-5(12)4-6/h1-2,5-6,14H,3-4,13H2. The highest BCUT2D eigenvalue weighted by Gasteiger charge is 2.42. The number of rotatable bonds is 2. The predicted octanol–water partition coefficient (Wildman–Crippen LogP) is 1.90. The maximum atomic E-state index is 12.7. The number of sulfone groups is 1. The van der Waals surface area contributed by atoms with Gasteiger partial charge in [-0.2, -0.15) is 0 Å². The summed E-state index contributed by atoms with van der Waals surface area (Å²) >= 11 is 5.76. The van der Waals surface area contributed by atoms with E-state index in [1.807, 2.05) is 0 Å². The van der Waals surface area contributed by atoms with E-state index in [0.717, 1.165) is 0 Å². The van der Waals surface area contributed by atoms with Gasteiger partial charge in [0, 0.05) is 0 Å². The average molecular weight is 280 g/mol. The van der Waals surface area contributed by atoms with Crippen LogP contribution in [0.15, 0.2) is 17.0 Å². The number of halogens is 2. The molecule has 0 bridgehead atoms. The third-order valence-corrected chi connectivity index (χ3v) is 5.55. The van der Waals surface area contributed by atoms with E-state index in [0.29, 0.717) is 0 Å². The number of hydrogen-bond donors (Lipinski definition) is 2. The summed E-state index contributed by atoms with van der Waals surface area (Å²) in [5, 5.41) is 8.74. The Morgan fingerprint density at radius 1 is 1.41 bits per heavy atom. The van der Waals surface area contributed by atoms with Crippen molar-refractivity contribution in [3.63, 3.8) is 0 Å². The minimum absolute atomic E-state index is 0.0626. The topological polar surface area (TPSA) is 80.4 Å². The fraction of sp³-hybridized carbons (Fsp3) is 0.400. The Morgan fingerprint density at radius 2 is 2.00 bits per heavy atom. The molecule has 0 aliphatic heterocycles. The van der Waals surface area contributed by atoms with Crippen molar-refractivity contribution in [2.75, 3.05) is 5.73 Å². The highest BCUT2D eigenvalue weighted by atomic mass is 35.5. The molecule has 0 saturated heterocycles. The number of anilines is 1. The fourth-order valence-electron chi connectivity index (χ4n) is 1.75. The molecular weight excluding hydrogens is 269 g/mol. The van der Waals surface area contributed by atoms with Gasteiger partial charge in [0.15, 0.2) is 15.6 Å². The van der Waals surface area contributed by atoms with Crippen molar-refractivity contribution in [3.05, 3.63) is 17.2 Å². The Hall–Kier alpha value is -1.01. The third kappa shape index (κ3) is 1.95. The molecule has 1 aliphatic rings. The van der Waals surface area contributed by atoms with Crippen LogP contribution in [0.2, 0.25) is 5.02 Å². The maximum absolute atomic E-state index is 12.7. The zero-order valence-corrected chi connectivity index (χ0v) is 10.3. The van der Waals surface area contributed by atoms with E-state index in [2.05, 4.69) is 0 Å². The van der Waals surface area contributed by atoms with E-state index in [-0.39, 0.29) is 23.6 Å². The molecule has 1 aromatic carbocycles. The van der Waals surface area contributed by atoms with E-state index in [1.54, 1.807) is 0 Å². The number of nitrogen functional groups attached to an aromatic ring is 1. The minimum atomic E-state index is -3.82. The van der Waals surface area contributed by atoms with Gasteiger partial charge in [-0.25, -0.2) is 12.8 Å². The molecule has 0 atom stereocenters. The van der Waals surface area contributed by atoms with Gasteiger partial charge in [-0.1, -0.05) is 11.6 Å². The Kier molecular flexibility index (Phi) is 2.95. The van der Waals surface area contributed by atoms with E-state index in [1.165, 1.54) is 12.1 Å². The molecule has 0 radical (unpaired) electrons. The normalized spacial score (nSPS) is 24.4. The lowest BCUT2D eigenvalue weighted by molar-refractivity contribution is 0.213. The molecule has 7 heteroatoms. The first-order valence-electron chi connectivity index (χ1n) is 4.99. The maximum Gasteiger partial charge on any atom is 0.186 e. The predicted molar refractivity (Wildman–Crippen MR) is 62.6 cm³/mol. The number of phenols is 1. The number of nitrogens with two attached hydrogens (primary N) is 1. The van der Waals surface area contributed by atoms with Crippen LogP contribution in [0.4, 0.5) is 10.1 Å². The zero-order chi connectivity index (χ0) is 12.8. The van der Waals surface area contributed by atoms with Crippen molar-refractivity contribution in [1.29, 1.82) is 0 Å². The lowest BCUT2D eigenvalue weighted by Gasteiger charge is -2.29. The highest BCUT2D eigenvalue weighted by molar-refractivity contribution is 7.92. The molecule has 1 aliphatic carbocycles. The van der Waals surface area contributed by atoms with Crippen molar-refractivity contribution in [3.8, 4) is 5.75 Å². The fourth-order valence-corrected chi connectivity index (χ4v) is 4.21. The summed E-state index contributed by atoms with van der Waals surface area (Å²) in [6.45, 7) is 0. The summed E-state index contributed by atoms with van der Waals surface area (Å²) in [4.78, 5) is -0.393. The van der Waals surface area contributed by atoms with Crippen LogP contribution in [0.25, 0.3) is 0 Å². The quantitative estimate of drug-likeness (QED) is 0.640. The Balaban J connectivity index is 2.50. The van der Waals surface area contributed by atoms with Crippen LogP contribution in [0.3, 0.4) is 0 Å². The largest absolute Gasteiger partial charge is 0.504 e. The molecule has 94 valence electrons. The SMILES string of the molecule is Nc1ccc(Cl)c(S(=O)(=O)C2CC(F)C2)c1O. The molecule has 0 aromatic heterocycles. The van der Waals surface area contributed by atoms with Crippen molar-refractivity contribution in [1.82, 2.24) is 0 Å². The summed E-state index contributed by atoms with van der Waals surface area (Å²) in [6, 6.07) is 2.62. The number of benzene rings is 1. The molecule has 1 fully saturated rings. The van der Waals surface area contributed by atoms with E-state index in [4.69, 9.17) is 17.3 Å². The molecule has 0 amide bonds. The van der Waals surface area contributed by atoms with Crippen molar-refractivity contribution in [2.24, 2.45) is 0 Å². The number of phenolic OH excluding ortho intramolecular Hbond substituents is 1. The average Bonchev–Trinajstić information content (AvgIpc) is 2.19. The van der Waals surface area contributed by atoms with Gasteiger partial charge in [-0.15, -0.1) is 0 Å². The second-order valence-corrected chi connectivity index (χ2v) is 6.62. The lowest BCUT2D eigenvalue weighted by atomic mass is 9.97. The van der Waals surface area contributed by atoms with Crippen LogP contribution in [0.1, 0.15) is 12.8 Å². The molecule has 0 unspecified atom stereocenters. The van der Waals surface area contributed by atoms with Gasteiger partial charge in [0.1, 0.15) is 11.1 Å². The Morgan fingerprint density at radius 3 is 2.53 bits per heavy atom. The molecule has 1 aromatic rings. The second-order valence-electron chi connectivity index (χ2n) is 4.05. The molecule has 0 heterocycles. The molecular formula is C10H11ClFNO3S. The van der Waals surface area contributed by atoms with E-state index in [9.17, 15) is 17.9 Å². The Labute approximate surface area is 103 Å². The lowest BCUT2D eigenvalue weighted by Crippen LogP contribution is -2.37. The van der Waals surface area contributed by atoms with Gasteiger partial charge < -0.3 is 10.8 Å². The number of hydrogen-bond acceptors (Lipinski definition) is 4. The highest BCUT2D eigenvalue weighted by Crippen LogP contribution is 2.41. The van der Waals surface area contributed by atoms with Gasteiger partial charge in [-0.3, -0.25) is 0 Å². The van der Waals surface area contributed by atoms with Crippen LogP contribution < -0.4 is 5.73 Å². The monoisotopic (exact) mass is 279 g/mol. The van der Waals surface area contributed by atoms with Crippen molar-refractivity contribution >= 4 is 27.1 Å². The first-order valence-corrected chi connectivity index (χ1v) is 6.91. The molecule has 4 nitrogen and oxygen atoms in total. The van der Waals surface area contributed by atoms with E-state index >= 15 is 0 Å². The molecule has 17 heavy (non-hydrogen) atoms. The van der Waals surface area contributed by atoms with Crippen LogP contribution >= 0.6 is 11.6 Å². The first-order chi connectivity index (χ1) is 7.84. The van der Waals surface area contributed by atoms with Crippen LogP contribution in [0.5, 0.6) is 5.75 Å². The van der Waals surface area contributed by atoms with Crippen molar-refractivity contribution in [2.45, 2.75) is 29.2 Å². The number of aromatic hydroxyl groups is 1. The molecule has 3 N–H and O–H groups in total. The first kappa shape index (κ1) is 12.4. The summed E-state index contributed by atoms with van der Waals surface area (Å²) in [5.74, 6) is -0.556. The van der Waals surface area contributed by atoms with Gasteiger partial charge >= 0.3 is 0 Å². The zero-order valence-electron chi connectivity index (χ0n) is 8.73. The van der Waals surface area contributed by atoms with Gasteiger partial charge in [-0.05, 0) is 25.0 Å².